The average Bonchev–Trinajstić information content (AvgIpc) is 3.64. The highest BCUT2D eigenvalue weighted by atomic mass is 16.3. The first-order chi connectivity index (χ1) is 28.7. The number of rotatable bonds is 5. The van der Waals surface area contributed by atoms with Crippen LogP contribution >= 0.6 is 0 Å². The Bertz CT molecular complexity index is 3580. The molecule has 0 N–H and O–H groups in total. The van der Waals surface area contributed by atoms with E-state index >= 15 is 0 Å². The predicted molar refractivity (Wildman–Crippen MR) is 247 cm³/mol. The van der Waals surface area contributed by atoms with E-state index in [0.717, 1.165) is 39.0 Å². The maximum absolute atomic E-state index is 6.66. The Morgan fingerprint density at radius 3 is 1.59 bits per heavy atom. The number of hydrogen-bond acceptors (Lipinski definition) is 2. The lowest BCUT2D eigenvalue weighted by Crippen LogP contribution is -2.10. The van der Waals surface area contributed by atoms with Gasteiger partial charge in [0.1, 0.15) is 11.2 Å². The highest BCUT2D eigenvalue weighted by Crippen LogP contribution is 2.45. The van der Waals surface area contributed by atoms with Crippen LogP contribution in [0.25, 0.3) is 98.1 Å². The predicted octanol–water partition coefficient (Wildman–Crippen LogP) is 16.2. The molecule has 0 saturated carbocycles. The van der Waals surface area contributed by atoms with E-state index in [1.165, 1.54) is 76.1 Å². The molecule has 0 saturated heterocycles. The summed E-state index contributed by atoms with van der Waals surface area (Å²) in [5.74, 6) is 0. The number of benzene rings is 11. The third-order valence-electron chi connectivity index (χ3n) is 12.0. The van der Waals surface area contributed by atoms with Crippen LogP contribution in [0.1, 0.15) is 0 Å². The maximum Gasteiger partial charge on any atom is 0.137 e. The van der Waals surface area contributed by atoms with Gasteiger partial charge in [0.2, 0.25) is 0 Å². The van der Waals surface area contributed by atoms with Gasteiger partial charge in [-0.1, -0.05) is 146 Å². The molecule has 2 nitrogen and oxygen atoms in total. The lowest BCUT2D eigenvalue weighted by Gasteiger charge is -2.27. The zero-order valence-electron chi connectivity index (χ0n) is 31.6. The van der Waals surface area contributed by atoms with Gasteiger partial charge in [-0.05, 0) is 137 Å². The molecule has 0 fully saturated rings. The van der Waals surface area contributed by atoms with Crippen molar-refractivity contribution >= 4 is 92.9 Å². The minimum Gasteiger partial charge on any atom is -0.456 e. The van der Waals surface area contributed by atoms with E-state index in [9.17, 15) is 0 Å². The highest BCUT2D eigenvalue weighted by Gasteiger charge is 2.20. The van der Waals surface area contributed by atoms with Crippen LogP contribution in [0.4, 0.5) is 17.1 Å². The van der Waals surface area contributed by atoms with Crippen LogP contribution in [0.5, 0.6) is 0 Å². The molecule has 0 amide bonds. The van der Waals surface area contributed by atoms with E-state index in [2.05, 4.69) is 217 Å². The van der Waals surface area contributed by atoms with Gasteiger partial charge >= 0.3 is 0 Å². The van der Waals surface area contributed by atoms with Crippen molar-refractivity contribution < 1.29 is 4.42 Å². The fourth-order valence-electron chi connectivity index (χ4n) is 9.13. The molecule has 12 rings (SSSR count). The molecule has 0 unspecified atom stereocenters. The molecule has 0 spiro atoms. The third kappa shape index (κ3) is 5.27. The number of hydrogen-bond donors (Lipinski definition) is 0. The Kier molecular flexibility index (Phi) is 7.26. The number of furan rings is 1. The molecule has 0 aliphatic carbocycles. The Hall–Kier alpha value is -7.68. The van der Waals surface area contributed by atoms with E-state index < -0.39 is 0 Å². The Morgan fingerprint density at radius 1 is 0.259 bits per heavy atom. The van der Waals surface area contributed by atoms with Crippen molar-refractivity contribution in [3.63, 3.8) is 0 Å². The second kappa shape index (κ2) is 12.9. The summed E-state index contributed by atoms with van der Waals surface area (Å²) in [5, 5.41) is 14.5. The van der Waals surface area contributed by atoms with Crippen molar-refractivity contribution in [3.8, 4) is 22.3 Å². The van der Waals surface area contributed by atoms with Gasteiger partial charge in [0.25, 0.3) is 0 Å². The fraction of sp³-hybridized carbons (Fsp3) is 0. The van der Waals surface area contributed by atoms with Gasteiger partial charge in [0.15, 0.2) is 0 Å². The third-order valence-corrected chi connectivity index (χ3v) is 12.0. The van der Waals surface area contributed by atoms with Crippen LogP contribution in [-0.2, 0) is 0 Å². The van der Waals surface area contributed by atoms with Gasteiger partial charge in [-0.3, -0.25) is 0 Å². The van der Waals surface area contributed by atoms with E-state index in [4.69, 9.17) is 4.42 Å². The Labute approximate surface area is 335 Å². The molecule has 58 heavy (non-hydrogen) atoms. The summed E-state index contributed by atoms with van der Waals surface area (Å²) in [6.45, 7) is 0. The number of fused-ring (bicyclic) bond motifs is 9. The van der Waals surface area contributed by atoms with E-state index in [1.54, 1.807) is 0 Å². The highest BCUT2D eigenvalue weighted by molar-refractivity contribution is 6.17. The summed E-state index contributed by atoms with van der Waals surface area (Å²) < 4.78 is 6.66. The standard InChI is InChI=1S/C56H35NO/c1-2-12-38-29-41(22-21-36(38)11-1)37-23-25-44(26-24-37)57(45-27-28-51-54-31-39-13-3-4-14-40(39)33-55(54)58-56(51)35-45)46-30-42-15-5-8-18-48(42)53(34-46)52-32-43-16-6-7-17-47(43)49-19-9-10-20-50(49)52/h1-35H. The molecular weight excluding hydrogens is 703 g/mol. The molecule has 12 aromatic rings. The summed E-state index contributed by atoms with van der Waals surface area (Å²) in [4.78, 5) is 2.38. The van der Waals surface area contributed by atoms with E-state index in [-0.39, 0.29) is 0 Å². The summed E-state index contributed by atoms with van der Waals surface area (Å²) in [7, 11) is 0. The monoisotopic (exact) mass is 737 g/mol. The lowest BCUT2D eigenvalue weighted by atomic mass is 9.90. The molecular formula is C56H35NO. The van der Waals surface area contributed by atoms with Gasteiger partial charge in [-0.2, -0.15) is 0 Å². The van der Waals surface area contributed by atoms with Gasteiger partial charge in [0, 0.05) is 33.9 Å². The first kappa shape index (κ1) is 32.6. The average molecular weight is 738 g/mol. The second-order valence-corrected chi connectivity index (χ2v) is 15.3. The van der Waals surface area contributed by atoms with Crippen LogP contribution in [0.2, 0.25) is 0 Å². The maximum atomic E-state index is 6.66. The molecule has 0 bridgehead atoms. The van der Waals surface area contributed by atoms with Gasteiger partial charge < -0.3 is 9.32 Å². The van der Waals surface area contributed by atoms with Crippen molar-refractivity contribution in [2.24, 2.45) is 0 Å². The van der Waals surface area contributed by atoms with Crippen LogP contribution in [-0.4, -0.2) is 0 Å². The van der Waals surface area contributed by atoms with Gasteiger partial charge in [-0.25, -0.2) is 0 Å². The van der Waals surface area contributed by atoms with Crippen molar-refractivity contribution in [1.82, 2.24) is 0 Å². The normalized spacial score (nSPS) is 11.8. The first-order valence-electron chi connectivity index (χ1n) is 19.9. The molecule has 0 radical (unpaired) electrons. The summed E-state index contributed by atoms with van der Waals surface area (Å²) in [5.41, 5.74) is 9.72. The SMILES string of the molecule is c1ccc2cc(-c3ccc(N(c4cc(-c5cc6ccccc6c6ccccc56)c5ccccc5c4)c4ccc5c(c4)oc4cc6ccccc6cc45)cc3)ccc2c1. The molecule has 0 atom stereocenters. The van der Waals surface area contributed by atoms with Crippen molar-refractivity contribution in [2.75, 3.05) is 4.90 Å². The molecule has 0 aliphatic rings. The molecule has 11 aromatic carbocycles. The molecule has 1 heterocycles. The van der Waals surface area contributed by atoms with Crippen molar-refractivity contribution in [1.29, 1.82) is 0 Å². The summed E-state index contributed by atoms with van der Waals surface area (Å²) >= 11 is 0. The topological polar surface area (TPSA) is 16.4 Å². The minimum absolute atomic E-state index is 0.863. The van der Waals surface area contributed by atoms with E-state index in [0.29, 0.717) is 0 Å². The van der Waals surface area contributed by atoms with Gasteiger partial charge in [0.05, 0.1) is 0 Å². The van der Waals surface area contributed by atoms with Crippen molar-refractivity contribution in [2.45, 2.75) is 0 Å². The zero-order valence-corrected chi connectivity index (χ0v) is 31.6. The Morgan fingerprint density at radius 2 is 0.810 bits per heavy atom. The van der Waals surface area contributed by atoms with Crippen LogP contribution in [0.3, 0.4) is 0 Å². The minimum atomic E-state index is 0.863. The Balaban J connectivity index is 1.08. The second-order valence-electron chi connectivity index (χ2n) is 15.3. The molecule has 2 heteroatoms. The smallest absolute Gasteiger partial charge is 0.137 e. The first-order valence-corrected chi connectivity index (χ1v) is 19.9. The largest absolute Gasteiger partial charge is 0.456 e. The number of nitrogens with zero attached hydrogens (tertiary/aromatic N) is 1. The van der Waals surface area contributed by atoms with Crippen LogP contribution < -0.4 is 4.90 Å². The quantitative estimate of drug-likeness (QED) is 0.164. The van der Waals surface area contributed by atoms with Gasteiger partial charge in [-0.15, -0.1) is 0 Å². The van der Waals surface area contributed by atoms with Crippen LogP contribution in [0.15, 0.2) is 217 Å². The summed E-state index contributed by atoms with van der Waals surface area (Å²) in [6.07, 6.45) is 0. The fourth-order valence-corrected chi connectivity index (χ4v) is 9.13. The molecule has 0 aliphatic heterocycles. The molecule has 1 aromatic heterocycles. The van der Waals surface area contributed by atoms with E-state index in [1.807, 2.05) is 0 Å². The molecule has 270 valence electrons. The zero-order chi connectivity index (χ0) is 38.2. The van der Waals surface area contributed by atoms with Crippen molar-refractivity contribution in [3.05, 3.63) is 212 Å². The number of anilines is 3. The lowest BCUT2D eigenvalue weighted by molar-refractivity contribution is 0.669. The van der Waals surface area contributed by atoms with Crippen LogP contribution in [0, 0.1) is 0 Å². The summed E-state index contributed by atoms with van der Waals surface area (Å²) in [6, 6.07) is 77.2.